The Morgan fingerprint density at radius 2 is 1.73 bits per heavy atom. The number of rotatable bonds is 0. The number of benzene rings is 1. The Bertz CT molecular complexity index is 445. The van der Waals surface area contributed by atoms with E-state index in [4.69, 9.17) is 28.9 Å². The van der Waals surface area contributed by atoms with Gasteiger partial charge in [0.05, 0.1) is 10.7 Å². The Kier molecular flexibility index (Phi) is 2.64. The summed E-state index contributed by atoms with van der Waals surface area (Å²) >= 11 is 11.6. The number of aliphatic hydroxyl groups excluding tert-OH is 2. The summed E-state index contributed by atoms with van der Waals surface area (Å²) in [5.41, 5.74) is 6.68. The molecule has 80 valence electrons. The van der Waals surface area contributed by atoms with Gasteiger partial charge in [-0.15, -0.1) is 0 Å². The van der Waals surface area contributed by atoms with E-state index in [0.717, 1.165) is 0 Å². The number of hydrogen-bond acceptors (Lipinski definition) is 3. The van der Waals surface area contributed by atoms with Crippen molar-refractivity contribution in [3.8, 4) is 0 Å². The highest BCUT2D eigenvalue weighted by Gasteiger charge is 2.30. The minimum atomic E-state index is -1.01. The molecule has 2 atom stereocenters. The molecule has 0 amide bonds. The molecule has 0 saturated carbocycles. The lowest BCUT2D eigenvalue weighted by Crippen LogP contribution is -2.21. The molecule has 1 aliphatic carbocycles. The second kappa shape index (κ2) is 3.68. The second-order valence-electron chi connectivity index (χ2n) is 3.38. The fourth-order valence-electron chi connectivity index (χ4n) is 1.62. The second-order valence-corrected chi connectivity index (χ2v) is 4.23. The molecule has 5 heteroatoms. The third-order valence-electron chi connectivity index (χ3n) is 2.45. The van der Waals surface area contributed by atoms with Gasteiger partial charge >= 0.3 is 0 Å². The standard InChI is InChI=1S/C10H9Cl2NO2/c11-4-1-2-5-6(3-4)9(14)7(12)8(13)10(5)15/h1-3,9-10,14-15H,13H2. The summed E-state index contributed by atoms with van der Waals surface area (Å²) in [6.07, 6.45) is -1.99. The summed E-state index contributed by atoms with van der Waals surface area (Å²) < 4.78 is 0. The van der Waals surface area contributed by atoms with Gasteiger partial charge < -0.3 is 15.9 Å². The van der Waals surface area contributed by atoms with Crippen LogP contribution in [0.25, 0.3) is 0 Å². The molecule has 0 radical (unpaired) electrons. The average Bonchev–Trinajstić information content (AvgIpc) is 2.23. The van der Waals surface area contributed by atoms with Gasteiger partial charge in [-0.05, 0) is 23.3 Å². The van der Waals surface area contributed by atoms with E-state index < -0.39 is 12.2 Å². The number of hydrogen-bond donors (Lipinski definition) is 3. The maximum atomic E-state index is 9.80. The predicted octanol–water partition coefficient (Wildman–Crippen LogP) is 1.83. The molecule has 0 aromatic heterocycles. The molecular formula is C10H9Cl2NO2. The zero-order chi connectivity index (χ0) is 11.2. The Balaban J connectivity index is 2.62. The molecule has 1 aromatic carbocycles. The Morgan fingerprint density at radius 1 is 1.07 bits per heavy atom. The van der Waals surface area contributed by atoms with Crippen LogP contribution in [0.15, 0.2) is 28.9 Å². The smallest absolute Gasteiger partial charge is 0.120 e. The first kappa shape index (κ1) is 10.8. The highest BCUT2D eigenvalue weighted by Crippen LogP contribution is 2.40. The fraction of sp³-hybridized carbons (Fsp3) is 0.200. The third kappa shape index (κ3) is 1.62. The largest absolute Gasteiger partial charge is 0.399 e. The SMILES string of the molecule is NC1=C(Cl)C(O)c2cc(Cl)ccc2C1O. The molecule has 0 bridgehead atoms. The van der Waals surface area contributed by atoms with Crippen molar-refractivity contribution in [3.05, 3.63) is 45.1 Å². The van der Waals surface area contributed by atoms with Gasteiger partial charge in [0.2, 0.25) is 0 Å². The van der Waals surface area contributed by atoms with Crippen LogP contribution in [0.2, 0.25) is 5.02 Å². The molecule has 0 spiro atoms. The maximum Gasteiger partial charge on any atom is 0.120 e. The zero-order valence-corrected chi connectivity index (χ0v) is 9.13. The number of aliphatic hydroxyl groups is 2. The summed E-state index contributed by atoms with van der Waals surface area (Å²) in [5.74, 6) is 0. The molecule has 4 N–H and O–H groups in total. The van der Waals surface area contributed by atoms with Gasteiger partial charge in [-0.2, -0.15) is 0 Å². The van der Waals surface area contributed by atoms with Crippen LogP contribution in [0, 0.1) is 0 Å². The lowest BCUT2D eigenvalue weighted by molar-refractivity contribution is 0.173. The molecule has 1 aliphatic rings. The van der Waals surface area contributed by atoms with E-state index in [1.807, 2.05) is 0 Å². The van der Waals surface area contributed by atoms with Crippen LogP contribution in [-0.4, -0.2) is 10.2 Å². The minimum absolute atomic E-state index is 0.0530. The Morgan fingerprint density at radius 3 is 2.40 bits per heavy atom. The van der Waals surface area contributed by atoms with Crippen LogP contribution in [0.1, 0.15) is 23.3 Å². The van der Waals surface area contributed by atoms with Crippen LogP contribution in [0.4, 0.5) is 0 Å². The predicted molar refractivity (Wildman–Crippen MR) is 58.4 cm³/mol. The van der Waals surface area contributed by atoms with E-state index in [-0.39, 0.29) is 10.7 Å². The Hall–Kier alpha value is -0.740. The van der Waals surface area contributed by atoms with E-state index in [1.54, 1.807) is 18.2 Å². The van der Waals surface area contributed by atoms with Crippen LogP contribution >= 0.6 is 23.2 Å². The lowest BCUT2D eigenvalue weighted by Gasteiger charge is -2.26. The van der Waals surface area contributed by atoms with E-state index in [1.165, 1.54) is 0 Å². The van der Waals surface area contributed by atoms with Gasteiger partial charge in [0, 0.05) is 5.02 Å². The fourth-order valence-corrected chi connectivity index (χ4v) is 2.03. The van der Waals surface area contributed by atoms with Gasteiger partial charge in [-0.1, -0.05) is 29.3 Å². The van der Waals surface area contributed by atoms with Gasteiger partial charge in [-0.3, -0.25) is 0 Å². The third-order valence-corrected chi connectivity index (χ3v) is 3.11. The van der Waals surface area contributed by atoms with Crippen molar-refractivity contribution in [3.63, 3.8) is 0 Å². The van der Waals surface area contributed by atoms with E-state index >= 15 is 0 Å². The summed E-state index contributed by atoms with van der Waals surface area (Å²) in [7, 11) is 0. The van der Waals surface area contributed by atoms with Crippen molar-refractivity contribution in [2.45, 2.75) is 12.2 Å². The molecule has 0 fully saturated rings. The molecule has 15 heavy (non-hydrogen) atoms. The molecule has 3 nitrogen and oxygen atoms in total. The van der Waals surface area contributed by atoms with E-state index in [2.05, 4.69) is 0 Å². The zero-order valence-electron chi connectivity index (χ0n) is 7.61. The van der Waals surface area contributed by atoms with Crippen molar-refractivity contribution in [2.24, 2.45) is 5.73 Å². The molecule has 2 rings (SSSR count). The first-order valence-corrected chi connectivity index (χ1v) is 5.08. The summed E-state index contributed by atoms with van der Waals surface area (Å²) in [6.45, 7) is 0. The van der Waals surface area contributed by atoms with Crippen molar-refractivity contribution >= 4 is 23.2 Å². The molecule has 0 heterocycles. The molecule has 0 aliphatic heterocycles. The maximum absolute atomic E-state index is 9.80. The summed E-state index contributed by atoms with van der Waals surface area (Å²) in [5, 5.41) is 20.1. The van der Waals surface area contributed by atoms with Crippen LogP contribution in [0.5, 0.6) is 0 Å². The molecule has 0 saturated heterocycles. The minimum Gasteiger partial charge on any atom is -0.399 e. The van der Waals surface area contributed by atoms with Crippen LogP contribution in [-0.2, 0) is 0 Å². The van der Waals surface area contributed by atoms with E-state index in [0.29, 0.717) is 16.1 Å². The monoisotopic (exact) mass is 245 g/mol. The van der Waals surface area contributed by atoms with Crippen LogP contribution in [0.3, 0.4) is 0 Å². The quantitative estimate of drug-likeness (QED) is 0.654. The summed E-state index contributed by atoms with van der Waals surface area (Å²) in [4.78, 5) is 0. The first-order valence-electron chi connectivity index (χ1n) is 4.33. The highest BCUT2D eigenvalue weighted by atomic mass is 35.5. The number of fused-ring (bicyclic) bond motifs is 1. The summed E-state index contributed by atoms with van der Waals surface area (Å²) in [6, 6.07) is 4.82. The van der Waals surface area contributed by atoms with Crippen molar-refractivity contribution in [1.82, 2.24) is 0 Å². The van der Waals surface area contributed by atoms with E-state index in [9.17, 15) is 10.2 Å². The molecular weight excluding hydrogens is 237 g/mol. The van der Waals surface area contributed by atoms with Crippen molar-refractivity contribution in [2.75, 3.05) is 0 Å². The van der Waals surface area contributed by atoms with Crippen molar-refractivity contribution < 1.29 is 10.2 Å². The molecule has 2 unspecified atom stereocenters. The first-order chi connectivity index (χ1) is 7.02. The Labute approximate surface area is 96.7 Å². The van der Waals surface area contributed by atoms with Crippen LogP contribution < -0.4 is 5.73 Å². The normalized spacial score (nSPS) is 25.3. The topological polar surface area (TPSA) is 66.5 Å². The number of halogens is 2. The van der Waals surface area contributed by atoms with Gasteiger partial charge in [0.1, 0.15) is 12.2 Å². The van der Waals surface area contributed by atoms with Gasteiger partial charge in [0.15, 0.2) is 0 Å². The molecule has 1 aromatic rings. The lowest BCUT2D eigenvalue weighted by atomic mass is 9.90. The van der Waals surface area contributed by atoms with Crippen molar-refractivity contribution in [1.29, 1.82) is 0 Å². The highest BCUT2D eigenvalue weighted by molar-refractivity contribution is 6.31. The average molecular weight is 246 g/mol. The number of nitrogens with two attached hydrogens (primary N) is 1. The van der Waals surface area contributed by atoms with Gasteiger partial charge in [0.25, 0.3) is 0 Å². The van der Waals surface area contributed by atoms with Gasteiger partial charge in [-0.25, -0.2) is 0 Å².